The van der Waals surface area contributed by atoms with Crippen LogP contribution in [0.5, 0.6) is 0 Å². The number of unbranched alkanes of at least 4 members (excludes halogenated alkanes) is 3. The Balaban J connectivity index is 1.35. The van der Waals surface area contributed by atoms with Gasteiger partial charge in [0.15, 0.2) is 28.4 Å². The normalized spacial score (nSPS) is 12.4. The van der Waals surface area contributed by atoms with Crippen LogP contribution in [-0.2, 0) is 32.0 Å². The highest BCUT2D eigenvalue weighted by Crippen LogP contribution is 2.22. The van der Waals surface area contributed by atoms with Crippen LogP contribution in [0.15, 0.2) is 53.5 Å². The van der Waals surface area contributed by atoms with Crippen molar-refractivity contribution in [2.75, 3.05) is 37.7 Å². The Morgan fingerprint density at radius 2 is 1.51 bits per heavy atom. The van der Waals surface area contributed by atoms with Gasteiger partial charge in [-0.2, -0.15) is 0 Å². The number of hydrogen-bond acceptors (Lipinski definition) is 12. The molecule has 17 heteroatoms. The summed E-state index contributed by atoms with van der Waals surface area (Å²) < 4.78 is 4.94. The Bertz CT molecular complexity index is 1710. The second-order valence-corrected chi connectivity index (χ2v) is 13.4. The van der Waals surface area contributed by atoms with Gasteiger partial charge < -0.3 is 44.0 Å². The van der Waals surface area contributed by atoms with E-state index in [1.807, 2.05) is 24.3 Å². The van der Waals surface area contributed by atoms with Gasteiger partial charge in [-0.25, -0.2) is 9.97 Å². The first-order valence-electron chi connectivity index (χ1n) is 18.5. The van der Waals surface area contributed by atoms with E-state index in [9.17, 15) is 19.2 Å². The number of aromatic nitrogens is 2. The van der Waals surface area contributed by atoms with Crippen molar-refractivity contribution in [2.45, 2.75) is 82.7 Å². The highest BCUT2D eigenvalue weighted by Gasteiger charge is 2.17. The molecule has 1 aromatic heterocycles. The number of nitrogens with two attached hydrogens (primary N) is 5. The van der Waals surface area contributed by atoms with Gasteiger partial charge >= 0.3 is 0 Å². The molecule has 3 aromatic rings. The fourth-order valence-corrected chi connectivity index (χ4v) is 5.73. The molecule has 2 aromatic carbocycles. The minimum Gasteiger partial charge on any atom is -0.466 e. The quantitative estimate of drug-likeness (QED) is 0.0282. The van der Waals surface area contributed by atoms with Gasteiger partial charge in [0.25, 0.3) is 12.4 Å². The highest BCUT2D eigenvalue weighted by molar-refractivity contribution is 6.31. The van der Waals surface area contributed by atoms with Crippen LogP contribution in [0.2, 0.25) is 5.15 Å². The van der Waals surface area contributed by atoms with E-state index in [0.717, 1.165) is 55.2 Å². The third-order valence-corrected chi connectivity index (χ3v) is 8.99. The summed E-state index contributed by atoms with van der Waals surface area (Å²) in [5.41, 5.74) is 32.7. The smallest absolute Gasteiger partial charge is 0.293 e. The number of benzene rings is 2. The van der Waals surface area contributed by atoms with Crippen molar-refractivity contribution in [3.63, 3.8) is 0 Å². The van der Waals surface area contributed by atoms with Crippen LogP contribution in [0.4, 0.5) is 11.6 Å². The van der Waals surface area contributed by atoms with E-state index in [1.165, 1.54) is 5.56 Å². The van der Waals surface area contributed by atoms with Crippen molar-refractivity contribution in [3.8, 4) is 11.1 Å². The van der Waals surface area contributed by atoms with Gasteiger partial charge in [0.2, 0.25) is 11.8 Å². The fourth-order valence-electron chi connectivity index (χ4n) is 5.60. The van der Waals surface area contributed by atoms with E-state index in [2.05, 4.69) is 55.2 Å². The summed E-state index contributed by atoms with van der Waals surface area (Å²) in [6.07, 6.45) is 7.62. The number of carbonyl (C=O) groups excluding carboxylic acids is 4. The zero-order chi connectivity index (χ0) is 40.0. The summed E-state index contributed by atoms with van der Waals surface area (Å²) in [6, 6.07) is 15.6. The molecular weight excluding hydrogens is 726 g/mol. The maximum atomic E-state index is 12.8. The number of halogens is 1. The molecule has 0 radical (unpaired) electrons. The predicted octanol–water partition coefficient (Wildman–Crippen LogP) is 2.36. The summed E-state index contributed by atoms with van der Waals surface area (Å²) in [6.45, 7) is 1.94. The lowest BCUT2D eigenvalue weighted by Gasteiger charge is -2.18. The number of aliphatic imine (C=N–C) groups is 1. The molecule has 3 amide bonds. The third-order valence-electron chi connectivity index (χ3n) is 8.71. The van der Waals surface area contributed by atoms with Crippen LogP contribution >= 0.6 is 11.6 Å². The molecule has 0 unspecified atom stereocenters. The Morgan fingerprint density at radius 1 is 0.855 bits per heavy atom. The van der Waals surface area contributed by atoms with Crippen molar-refractivity contribution in [2.24, 2.45) is 22.2 Å². The Kier molecular flexibility index (Phi) is 19.4. The molecule has 55 heavy (non-hydrogen) atoms. The molecule has 0 aliphatic carbocycles. The van der Waals surface area contributed by atoms with Crippen LogP contribution in [0, 0.1) is 0 Å². The third kappa shape index (κ3) is 16.3. The number of amides is 3. The van der Waals surface area contributed by atoms with E-state index >= 15 is 0 Å². The summed E-state index contributed by atoms with van der Waals surface area (Å²) in [5.74, 6) is -1.29. The van der Waals surface area contributed by atoms with Crippen molar-refractivity contribution < 1.29 is 23.9 Å². The number of aryl methyl sites for hydroxylation is 2. The van der Waals surface area contributed by atoms with E-state index in [4.69, 9.17) is 45.0 Å². The number of guanidine groups is 1. The maximum Gasteiger partial charge on any atom is 0.293 e. The van der Waals surface area contributed by atoms with Gasteiger partial charge in [-0.15, -0.1) is 0 Å². The Labute approximate surface area is 326 Å². The van der Waals surface area contributed by atoms with Crippen LogP contribution in [0.25, 0.3) is 11.1 Å². The van der Waals surface area contributed by atoms with Gasteiger partial charge in [-0.1, -0.05) is 66.6 Å². The molecule has 0 saturated heterocycles. The number of ether oxygens (including phenoxy) is 1. The van der Waals surface area contributed by atoms with Gasteiger partial charge in [0, 0.05) is 19.5 Å². The van der Waals surface area contributed by atoms with Gasteiger partial charge in [-0.3, -0.25) is 29.5 Å². The summed E-state index contributed by atoms with van der Waals surface area (Å²) >= 11 is 5.83. The topological polar surface area (TPSA) is 282 Å². The van der Waals surface area contributed by atoms with Crippen LogP contribution < -0.4 is 44.6 Å². The average Bonchev–Trinajstić information content (AvgIpc) is 3.17. The van der Waals surface area contributed by atoms with Crippen molar-refractivity contribution >= 4 is 53.4 Å². The van der Waals surface area contributed by atoms with Crippen LogP contribution in [0.3, 0.4) is 0 Å². The molecule has 0 fully saturated rings. The second kappa shape index (κ2) is 24.2. The summed E-state index contributed by atoms with van der Waals surface area (Å²) in [7, 11) is 0. The maximum absolute atomic E-state index is 12.8. The number of nitrogen functional groups attached to an aromatic ring is 2. The van der Waals surface area contributed by atoms with Gasteiger partial charge in [0.1, 0.15) is 6.61 Å². The second-order valence-electron chi connectivity index (χ2n) is 13.1. The lowest BCUT2D eigenvalue weighted by atomic mass is 9.99. The first-order chi connectivity index (χ1) is 26.5. The number of anilines is 2. The highest BCUT2D eigenvalue weighted by atomic mass is 35.5. The molecule has 13 N–H and O–H groups in total. The van der Waals surface area contributed by atoms with Crippen molar-refractivity contribution in [3.05, 3.63) is 70.5 Å². The van der Waals surface area contributed by atoms with E-state index in [-0.39, 0.29) is 52.9 Å². The molecule has 0 spiro atoms. The number of hydrogen-bond donors (Lipinski definition) is 8. The van der Waals surface area contributed by atoms with Crippen molar-refractivity contribution in [1.82, 2.24) is 25.9 Å². The van der Waals surface area contributed by atoms with Crippen LogP contribution in [0.1, 0.15) is 79.4 Å². The molecule has 0 aliphatic heterocycles. The molecule has 298 valence electrons. The molecule has 0 aliphatic rings. The largest absolute Gasteiger partial charge is 0.466 e. The van der Waals surface area contributed by atoms with Gasteiger partial charge in [-0.05, 0) is 86.6 Å². The molecular formula is C38H54ClN11O5. The fraction of sp³-hybridized carbons (Fsp3) is 0.447. The van der Waals surface area contributed by atoms with E-state index in [0.29, 0.717) is 58.2 Å². The number of nitrogens with zero attached hydrogens (tertiary/aromatic N) is 3. The minimum absolute atomic E-state index is 0.0636. The SMILES string of the molecule is NCCCC[C@H](N)C(=O)NCCCC[C@@H](COC=O)NC(=O)CCc1ccc(-c2ccc(CCCCN=C(N)NC(=O)c3nc(Cl)c(N)nc3N)cc2)cc1. The lowest BCUT2D eigenvalue weighted by molar-refractivity contribution is -0.131. The molecule has 0 bridgehead atoms. The first-order valence-corrected chi connectivity index (χ1v) is 18.8. The zero-order valence-electron chi connectivity index (χ0n) is 31.1. The molecule has 0 saturated carbocycles. The molecule has 2 atom stereocenters. The molecule has 3 rings (SSSR count). The number of nitrogens with one attached hydrogen (secondary N) is 3. The number of rotatable bonds is 24. The minimum atomic E-state index is -0.682. The molecule has 1 heterocycles. The molecule has 16 nitrogen and oxygen atoms in total. The predicted molar refractivity (Wildman–Crippen MR) is 215 cm³/mol. The summed E-state index contributed by atoms with van der Waals surface area (Å²) in [5, 5.41) is 8.11. The van der Waals surface area contributed by atoms with E-state index < -0.39 is 11.9 Å². The lowest BCUT2D eigenvalue weighted by Crippen LogP contribution is -2.41. The van der Waals surface area contributed by atoms with Crippen molar-refractivity contribution in [1.29, 1.82) is 0 Å². The summed E-state index contributed by atoms with van der Waals surface area (Å²) in [4.78, 5) is 59.9. The Hall–Kier alpha value is -5.32. The zero-order valence-corrected chi connectivity index (χ0v) is 31.9. The van der Waals surface area contributed by atoms with Crippen LogP contribution in [-0.4, -0.2) is 78.4 Å². The number of carbonyl (C=O) groups is 4. The first kappa shape index (κ1) is 44.1. The Morgan fingerprint density at radius 3 is 2.16 bits per heavy atom. The standard InChI is InChI=1S/C38H54ClN11O5/c39-33-35(43)49-34(42)32(48-33)37(54)50-38(44)46-22-5-2-7-25-10-15-27(16-11-25)28-17-12-26(13-18-28)14-19-31(52)47-29(23-55-24-51)8-3-6-21-45-36(53)30(41)9-1-4-20-40/h10-13,15-18,24,29-30H,1-9,14,19-23,40-41H2,(H,45,53)(H,47,52)(H4,42,43,49)(H3,44,46,50,54)/t29-,30-/m0/s1. The van der Waals surface area contributed by atoms with Gasteiger partial charge in [0.05, 0.1) is 12.1 Å². The van der Waals surface area contributed by atoms with E-state index in [1.54, 1.807) is 0 Å². The average molecular weight is 780 g/mol. The monoisotopic (exact) mass is 779 g/mol.